The van der Waals surface area contributed by atoms with E-state index in [2.05, 4.69) is 12.7 Å². The first kappa shape index (κ1) is 30.7. The zero-order valence-electron chi connectivity index (χ0n) is 20.6. The SMILES string of the molecule is CCCCCCCCCCCCC/C=C/C(O)C([NH3+])COP(=O)(O)OCC[N+](C)(C)C. The number of nitrogens with zero attached hydrogens (tertiary/aromatic N) is 1. The summed E-state index contributed by atoms with van der Waals surface area (Å²) in [6.07, 6.45) is 18.3. The molecule has 0 bridgehead atoms. The first-order valence-electron chi connectivity index (χ1n) is 12.2. The molecule has 5 N–H and O–H groups in total. The van der Waals surface area contributed by atoms with E-state index >= 15 is 0 Å². The van der Waals surface area contributed by atoms with Crippen molar-refractivity contribution in [3.05, 3.63) is 12.2 Å². The molecule has 0 saturated carbocycles. The van der Waals surface area contributed by atoms with Crippen LogP contribution in [0.25, 0.3) is 0 Å². The lowest BCUT2D eigenvalue weighted by atomic mass is 10.0. The highest BCUT2D eigenvalue weighted by Crippen LogP contribution is 2.43. The van der Waals surface area contributed by atoms with Crippen LogP contribution in [0, 0.1) is 0 Å². The van der Waals surface area contributed by atoms with E-state index in [1.54, 1.807) is 6.08 Å². The molecule has 7 nitrogen and oxygen atoms in total. The van der Waals surface area contributed by atoms with Crippen LogP contribution in [0.15, 0.2) is 12.2 Å². The molecule has 0 radical (unpaired) electrons. The van der Waals surface area contributed by atoms with Crippen molar-refractivity contribution in [2.45, 2.75) is 96.1 Å². The van der Waals surface area contributed by atoms with Gasteiger partial charge in [0.25, 0.3) is 0 Å². The highest BCUT2D eigenvalue weighted by atomic mass is 31.2. The molecule has 186 valence electrons. The number of quaternary nitrogens is 2. The normalized spacial score (nSPS) is 16.5. The van der Waals surface area contributed by atoms with Crippen LogP contribution >= 0.6 is 7.82 Å². The van der Waals surface area contributed by atoms with Gasteiger partial charge in [-0.3, -0.25) is 9.05 Å². The summed E-state index contributed by atoms with van der Waals surface area (Å²) in [5.74, 6) is 0. The van der Waals surface area contributed by atoms with Crippen LogP contribution in [0.4, 0.5) is 0 Å². The second-order valence-corrected chi connectivity index (χ2v) is 11.1. The van der Waals surface area contributed by atoms with E-state index in [-0.39, 0.29) is 13.2 Å². The maximum absolute atomic E-state index is 11.9. The summed E-state index contributed by atoms with van der Waals surface area (Å²) in [7, 11) is 1.79. The third kappa shape index (κ3) is 21.3. The lowest BCUT2D eigenvalue weighted by molar-refractivity contribution is -0.870. The van der Waals surface area contributed by atoms with Gasteiger partial charge in [-0.05, 0) is 12.8 Å². The van der Waals surface area contributed by atoms with Crippen molar-refractivity contribution >= 4 is 7.82 Å². The molecule has 31 heavy (non-hydrogen) atoms. The summed E-state index contributed by atoms with van der Waals surface area (Å²) in [6, 6.07) is -0.531. The van der Waals surface area contributed by atoms with Gasteiger partial charge in [-0.15, -0.1) is 0 Å². The Labute approximate surface area is 191 Å². The standard InChI is InChI=1S/C23H49N2O5P/c1-5-6-7-8-9-10-11-12-13-14-15-16-17-18-23(26)22(24)21-30-31(27,28)29-20-19-25(2,3)4/h17-18,22-23,26H,5-16,19-21,24H2,1-4H3/p+2/b18-17+. The molecule has 0 aliphatic carbocycles. The summed E-state index contributed by atoms with van der Waals surface area (Å²) in [4.78, 5) is 9.72. The topological polar surface area (TPSA) is 104 Å². The Balaban J connectivity index is 3.74. The van der Waals surface area contributed by atoms with Gasteiger partial charge in [0.1, 0.15) is 31.9 Å². The van der Waals surface area contributed by atoms with Crippen LogP contribution < -0.4 is 5.73 Å². The molecule has 0 aliphatic heterocycles. The molecule has 3 unspecified atom stereocenters. The zero-order chi connectivity index (χ0) is 23.6. The van der Waals surface area contributed by atoms with Crippen molar-refractivity contribution in [2.24, 2.45) is 0 Å². The number of phosphoric ester groups is 1. The van der Waals surface area contributed by atoms with E-state index in [1.165, 1.54) is 64.2 Å². The largest absolute Gasteiger partial charge is 0.472 e. The summed E-state index contributed by atoms with van der Waals surface area (Å²) in [5, 5.41) is 10.1. The van der Waals surface area contributed by atoms with E-state index in [0.29, 0.717) is 11.0 Å². The zero-order valence-corrected chi connectivity index (χ0v) is 21.5. The number of phosphoric acid groups is 1. The minimum atomic E-state index is -4.12. The molecule has 3 atom stereocenters. The van der Waals surface area contributed by atoms with Crippen molar-refractivity contribution in [1.82, 2.24) is 0 Å². The van der Waals surface area contributed by atoms with Gasteiger partial charge in [-0.2, -0.15) is 0 Å². The van der Waals surface area contributed by atoms with Crippen molar-refractivity contribution in [1.29, 1.82) is 0 Å². The van der Waals surface area contributed by atoms with Crippen LogP contribution in [0.3, 0.4) is 0 Å². The number of aliphatic hydroxyl groups excluding tert-OH is 1. The molecule has 0 amide bonds. The number of unbranched alkanes of at least 4 members (excludes halogenated alkanes) is 11. The molecule has 0 heterocycles. The summed E-state index contributed by atoms with van der Waals surface area (Å²) in [6.45, 7) is 2.83. The minimum absolute atomic E-state index is 0.125. The third-order valence-electron chi connectivity index (χ3n) is 5.26. The maximum Gasteiger partial charge on any atom is 0.472 e. The number of hydrogen-bond donors (Lipinski definition) is 3. The first-order valence-corrected chi connectivity index (χ1v) is 13.7. The molecule has 0 aromatic carbocycles. The number of aliphatic hydroxyl groups is 1. The highest BCUT2D eigenvalue weighted by molar-refractivity contribution is 7.47. The molecular weight excluding hydrogens is 415 g/mol. The fraction of sp³-hybridized carbons (Fsp3) is 0.913. The van der Waals surface area contributed by atoms with E-state index in [9.17, 15) is 14.6 Å². The van der Waals surface area contributed by atoms with Crippen LogP contribution in [-0.4, -0.2) is 67.5 Å². The first-order chi connectivity index (χ1) is 14.6. The second-order valence-electron chi connectivity index (χ2n) is 9.61. The Morgan fingerprint density at radius 1 is 0.935 bits per heavy atom. The maximum atomic E-state index is 11.9. The van der Waals surface area contributed by atoms with Gasteiger partial charge in [0.05, 0.1) is 21.1 Å². The van der Waals surface area contributed by atoms with Crippen LogP contribution in [0.1, 0.15) is 84.0 Å². The number of hydrogen-bond acceptors (Lipinski definition) is 4. The predicted molar refractivity (Wildman–Crippen MR) is 128 cm³/mol. The van der Waals surface area contributed by atoms with Gasteiger partial charge in [0.2, 0.25) is 0 Å². The predicted octanol–water partition coefficient (Wildman–Crippen LogP) is 4.05. The Morgan fingerprint density at radius 2 is 1.45 bits per heavy atom. The van der Waals surface area contributed by atoms with Crippen molar-refractivity contribution in [3.8, 4) is 0 Å². The lowest BCUT2D eigenvalue weighted by Gasteiger charge is -2.24. The van der Waals surface area contributed by atoms with Gasteiger partial charge in [0.15, 0.2) is 0 Å². The average Bonchev–Trinajstić information content (AvgIpc) is 2.68. The quantitative estimate of drug-likeness (QED) is 0.102. The fourth-order valence-corrected chi connectivity index (χ4v) is 3.84. The fourth-order valence-electron chi connectivity index (χ4n) is 3.08. The lowest BCUT2D eigenvalue weighted by Crippen LogP contribution is -2.68. The van der Waals surface area contributed by atoms with Crippen molar-refractivity contribution < 1.29 is 33.8 Å². The molecule has 0 aliphatic rings. The van der Waals surface area contributed by atoms with Gasteiger partial charge in [0, 0.05) is 0 Å². The van der Waals surface area contributed by atoms with Crippen molar-refractivity contribution in [2.75, 3.05) is 40.9 Å². The smallest absolute Gasteiger partial charge is 0.383 e. The molecular formula is C23H51N2O5P+2. The van der Waals surface area contributed by atoms with E-state index in [0.717, 1.165) is 12.8 Å². The van der Waals surface area contributed by atoms with Gasteiger partial charge in [-0.1, -0.05) is 83.3 Å². The van der Waals surface area contributed by atoms with Crippen LogP contribution in [0.5, 0.6) is 0 Å². The van der Waals surface area contributed by atoms with E-state index in [4.69, 9.17) is 9.05 Å². The average molecular weight is 467 g/mol. The van der Waals surface area contributed by atoms with E-state index in [1.807, 2.05) is 27.2 Å². The van der Waals surface area contributed by atoms with Crippen LogP contribution in [-0.2, 0) is 13.6 Å². The van der Waals surface area contributed by atoms with E-state index < -0.39 is 20.0 Å². The van der Waals surface area contributed by atoms with Crippen molar-refractivity contribution in [3.63, 3.8) is 0 Å². The molecule has 0 aromatic rings. The van der Waals surface area contributed by atoms with Crippen LogP contribution in [0.2, 0.25) is 0 Å². The molecule has 8 heteroatoms. The number of allylic oxidation sites excluding steroid dienone is 1. The second kappa shape index (κ2) is 18.2. The highest BCUT2D eigenvalue weighted by Gasteiger charge is 2.26. The summed E-state index contributed by atoms with van der Waals surface area (Å²) < 4.78 is 22.5. The Hall–Kier alpha value is -0.270. The number of likely N-dealkylation sites (N-methyl/N-ethyl adjacent to an activating group) is 1. The van der Waals surface area contributed by atoms with Gasteiger partial charge >= 0.3 is 7.82 Å². The summed E-state index contributed by atoms with van der Waals surface area (Å²) in [5.41, 5.74) is 3.82. The third-order valence-corrected chi connectivity index (χ3v) is 6.24. The number of rotatable bonds is 21. The molecule has 0 spiro atoms. The molecule has 0 aromatic heterocycles. The Kier molecular flexibility index (Phi) is 18.0. The molecule has 0 rings (SSSR count). The monoisotopic (exact) mass is 466 g/mol. The van der Waals surface area contributed by atoms with Gasteiger partial charge < -0.3 is 20.2 Å². The minimum Gasteiger partial charge on any atom is -0.383 e. The Morgan fingerprint density at radius 3 is 1.97 bits per heavy atom. The summed E-state index contributed by atoms with van der Waals surface area (Å²) >= 11 is 0. The Bertz CT molecular complexity index is 497. The molecule has 0 saturated heterocycles. The van der Waals surface area contributed by atoms with Gasteiger partial charge in [-0.25, -0.2) is 4.57 Å². The molecule has 0 fully saturated rings.